The topological polar surface area (TPSA) is 32.7 Å². The standard InChI is InChI=1S/C22H17BrN2O/c23-19-13-11-16(12-14-19)20-15-21(17-7-3-1-4-8-17)25(24-20)22(26)18-9-5-2-6-10-18/h1-14,21H,15H2. The summed E-state index contributed by atoms with van der Waals surface area (Å²) in [6, 6.07) is 27.4. The lowest BCUT2D eigenvalue weighted by Gasteiger charge is -2.22. The van der Waals surface area contributed by atoms with Crippen LogP contribution in [0.1, 0.15) is 33.9 Å². The minimum absolute atomic E-state index is 0.0773. The van der Waals surface area contributed by atoms with E-state index in [1.165, 1.54) is 0 Å². The van der Waals surface area contributed by atoms with Gasteiger partial charge in [0.15, 0.2) is 0 Å². The number of amides is 1. The Balaban J connectivity index is 1.72. The van der Waals surface area contributed by atoms with Gasteiger partial charge in [0.25, 0.3) is 5.91 Å². The van der Waals surface area contributed by atoms with Crippen LogP contribution in [0.15, 0.2) is 94.5 Å². The molecule has 1 heterocycles. The van der Waals surface area contributed by atoms with Gasteiger partial charge in [-0.1, -0.05) is 76.6 Å². The molecule has 4 heteroatoms. The number of rotatable bonds is 3. The second-order valence-corrected chi connectivity index (χ2v) is 7.12. The van der Waals surface area contributed by atoms with Gasteiger partial charge in [-0.25, -0.2) is 5.01 Å². The van der Waals surface area contributed by atoms with Crippen molar-refractivity contribution >= 4 is 27.5 Å². The van der Waals surface area contributed by atoms with Crippen LogP contribution in [0.2, 0.25) is 0 Å². The van der Waals surface area contributed by atoms with Crippen molar-refractivity contribution in [2.75, 3.05) is 0 Å². The molecular formula is C22H17BrN2O. The van der Waals surface area contributed by atoms with Gasteiger partial charge < -0.3 is 0 Å². The van der Waals surface area contributed by atoms with Crippen LogP contribution in [0.3, 0.4) is 0 Å². The summed E-state index contributed by atoms with van der Waals surface area (Å²) in [6.45, 7) is 0. The third kappa shape index (κ3) is 3.33. The van der Waals surface area contributed by atoms with Crippen molar-refractivity contribution in [2.45, 2.75) is 12.5 Å². The van der Waals surface area contributed by atoms with E-state index in [9.17, 15) is 4.79 Å². The Morgan fingerprint density at radius 2 is 1.50 bits per heavy atom. The maximum absolute atomic E-state index is 13.1. The molecule has 0 aliphatic carbocycles. The quantitative estimate of drug-likeness (QED) is 0.571. The molecule has 1 aliphatic rings. The summed E-state index contributed by atoms with van der Waals surface area (Å²) in [5.74, 6) is -0.0773. The number of hydrogen-bond acceptors (Lipinski definition) is 2. The summed E-state index contributed by atoms with van der Waals surface area (Å²) >= 11 is 3.46. The van der Waals surface area contributed by atoms with E-state index in [-0.39, 0.29) is 11.9 Å². The van der Waals surface area contributed by atoms with Gasteiger partial charge in [0, 0.05) is 16.5 Å². The van der Waals surface area contributed by atoms with Crippen LogP contribution in [-0.4, -0.2) is 16.6 Å². The Morgan fingerprint density at radius 1 is 0.885 bits per heavy atom. The lowest BCUT2D eigenvalue weighted by molar-refractivity contribution is 0.0711. The molecule has 0 fully saturated rings. The van der Waals surface area contributed by atoms with Crippen molar-refractivity contribution in [2.24, 2.45) is 5.10 Å². The van der Waals surface area contributed by atoms with Crippen LogP contribution in [0, 0.1) is 0 Å². The molecule has 0 saturated carbocycles. The highest BCUT2D eigenvalue weighted by Gasteiger charge is 2.33. The minimum Gasteiger partial charge on any atom is -0.267 e. The third-order valence-corrected chi connectivity index (χ3v) is 5.03. The number of carbonyl (C=O) groups is 1. The summed E-state index contributed by atoms with van der Waals surface area (Å²) in [7, 11) is 0. The zero-order valence-electron chi connectivity index (χ0n) is 14.0. The fraction of sp³-hybridized carbons (Fsp3) is 0.0909. The molecule has 0 N–H and O–H groups in total. The van der Waals surface area contributed by atoms with Crippen molar-refractivity contribution < 1.29 is 4.79 Å². The monoisotopic (exact) mass is 404 g/mol. The van der Waals surface area contributed by atoms with Gasteiger partial charge in [-0.2, -0.15) is 5.10 Å². The summed E-state index contributed by atoms with van der Waals surface area (Å²) < 4.78 is 1.02. The van der Waals surface area contributed by atoms with Crippen LogP contribution in [-0.2, 0) is 0 Å². The van der Waals surface area contributed by atoms with Gasteiger partial charge in [0.05, 0.1) is 11.8 Å². The van der Waals surface area contributed by atoms with E-state index in [0.717, 1.165) is 21.3 Å². The Kier molecular flexibility index (Phi) is 4.67. The van der Waals surface area contributed by atoms with Crippen molar-refractivity contribution in [1.29, 1.82) is 0 Å². The Bertz CT molecular complexity index is 937. The van der Waals surface area contributed by atoms with E-state index in [2.05, 4.69) is 28.1 Å². The molecule has 4 rings (SSSR count). The van der Waals surface area contributed by atoms with Crippen LogP contribution >= 0.6 is 15.9 Å². The number of nitrogens with zero attached hydrogens (tertiary/aromatic N) is 2. The molecule has 0 spiro atoms. The molecular weight excluding hydrogens is 388 g/mol. The predicted molar refractivity (Wildman–Crippen MR) is 107 cm³/mol. The summed E-state index contributed by atoms with van der Waals surface area (Å²) in [4.78, 5) is 13.1. The van der Waals surface area contributed by atoms with Crippen LogP contribution < -0.4 is 0 Å². The number of hydrogen-bond donors (Lipinski definition) is 0. The van der Waals surface area contributed by atoms with Crippen LogP contribution in [0.5, 0.6) is 0 Å². The zero-order valence-corrected chi connectivity index (χ0v) is 15.6. The number of carbonyl (C=O) groups excluding carboxylic acids is 1. The minimum atomic E-state index is -0.0949. The third-order valence-electron chi connectivity index (χ3n) is 4.50. The molecule has 0 bridgehead atoms. The van der Waals surface area contributed by atoms with Gasteiger partial charge in [-0.3, -0.25) is 4.79 Å². The first-order valence-electron chi connectivity index (χ1n) is 8.49. The largest absolute Gasteiger partial charge is 0.274 e. The second-order valence-electron chi connectivity index (χ2n) is 6.20. The van der Waals surface area contributed by atoms with E-state index in [1.54, 1.807) is 5.01 Å². The SMILES string of the molecule is O=C(c1ccccc1)N1N=C(c2ccc(Br)cc2)CC1c1ccccc1. The lowest BCUT2D eigenvalue weighted by Crippen LogP contribution is -2.27. The molecule has 0 radical (unpaired) electrons. The van der Waals surface area contributed by atoms with Crippen molar-refractivity contribution in [1.82, 2.24) is 5.01 Å². The van der Waals surface area contributed by atoms with Crippen molar-refractivity contribution in [3.8, 4) is 0 Å². The smallest absolute Gasteiger partial charge is 0.267 e. The first-order valence-corrected chi connectivity index (χ1v) is 9.28. The number of benzene rings is 3. The molecule has 3 aromatic carbocycles. The maximum atomic E-state index is 13.1. The van der Waals surface area contributed by atoms with Crippen LogP contribution in [0.4, 0.5) is 0 Å². The van der Waals surface area contributed by atoms with Gasteiger partial charge in [-0.15, -0.1) is 0 Å². The summed E-state index contributed by atoms with van der Waals surface area (Å²) in [5.41, 5.74) is 3.70. The molecule has 128 valence electrons. The zero-order chi connectivity index (χ0) is 17.9. The highest BCUT2D eigenvalue weighted by atomic mass is 79.9. The fourth-order valence-electron chi connectivity index (χ4n) is 3.16. The molecule has 3 aromatic rings. The van der Waals surface area contributed by atoms with Crippen LogP contribution in [0.25, 0.3) is 0 Å². The molecule has 1 unspecified atom stereocenters. The molecule has 3 nitrogen and oxygen atoms in total. The van der Waals surface area contributed by atoms with Gasteiger partial charge in [0.2, 0.25) is 0 Å². The number of hydrazone groups is 1. The predicted octanol–water partition coefficient (Wildman–Crippen LogP) is 5.44. The maximum Gasteiger partial charge on any atom is 0.274 e. The highest BCUT2D eigenvalue weighted by Crippen LogP contribution is 2.34. The Hall–Kier alpha value is -2.72. The number of halogens is 1. The summed E-state index contributed by atoms with van der Waals surface area (Å²) in [5, 5.41) is 6.33. The average Bonchev–Trinajstić information content (AvgIpc) is 3.15. The molecule has 0 saturated heterocycles. The molecule has 1 amide bonds. The van der Waals surface area contributed by atoms with E-state index in [0.29, 0.717) is 12.0 Å². The molecule has 26 heavy (non-hydrogen) atoms. The van der Waals surface area contributed by atoms with Crippen molar-refractivity contribution in [3.05, 3.63) is 106 Å². The molecule has 0 aromatic heterocycles. The lowest BCUT2D eigenvalue weighted by atomic mass is 9.98. The Labute approximate surface area is 161 Å². The average molecular weight is 405 g/mol. The van der Waals surface area contributed by atoms with Crippen molar-refractivity contribution in [3.63, 3.8) is 0 Å². The molecule has 1 atom stereocenters. The normalized spacial score (nSPS) is 16.4. The van der Waals surface area contributed by atoms with E-state index < -0.39 is 0 Å². The van der Waals surface area contributed by atoms with E-state index in [4.69, 9.17) is 5.10 Å². The first kappa shape index (κ1) is 16.7. The first-order chi connectivity index (χ1) is 12.7. The van der Waals surface area contributed by atoms with Gasteiger partial charge in [-0.05, 0) is 35.4 Å². The highest BCUT2D eigenvalue weighted by molar-refractivity contribution is 9.10. The summed E-state index contributed by atoms with van der Waals surface area (Å²) in [6.07, 6.45) is 0.699. The van der Waals surface area contributed by atoms with Gasteiger partial charge in [0.1, 0.15) is 0 Å². The second kappa shape index (κ2) is 7.26. The Morgan fingerprint density at radius 3 is 2.15 bits per heavy atom. The van der Waals surface area contributed by atoms with Gasteiger partial charge >= 0.3 is 0 Å². The van der Waals surface area contributed by atoms with E-state index >= 15 is 0 Å². The van der Waals surface area contributed by atoms with E-state index in [1.807, 2.05) is 72.8 Å². The fourth-order valence-corrected chi connectivity index (χ4v) is 3.43. The molecule has 1 aliphatic heterocycles.